The standard InChI is InChI=1S/C46H36N2/c1-4-14-32(15-5-1)43-44(33-16-6-2-7-17-33)47-46(48-45(43)34-18-8-3-9-19-34)35-26-24-31(25-27-35)36-28-29-41-39-22-11-10-20-37(39)38-21-12-13-23-40(38)42(41)30-36/h2-4,6-9,11-19,21-30,46-47H,1,5,10,20H2. The van der Waals surface area contributed by atoms with Gasteiger partial charge in [0, 0.05) is 11.1 Å². The van der Waals surface area contributed by atoms with Crippen molar-refractivity contribution in [2.75, 3.05) is 0 Å². The summed E-state index contributed by atoms with van der Waals surface area (Å²) in [5.41, 5.74) is 13.3. The maximum absolute atomic E-state index is 5.44. The van der Waals surface area contributed by atoms with E-state index in [1.807, 2.05) is 0 Å². The predicted molar refractivity (Wildman–Crippen MR) is 203 cm³/mol. The molecule has 230 valence electrons. The number of benzene rings is 6. The van der Waals surface area contributed by atoms with E-state index in [0.29, 0.717) is 0 Å². The summed E-state index contributed by atoms with van der Waals surface area (Å²) in [5.74, 6) is 0. The SMILES string of the molecule is C1=CC(C2=C(c3ccccc3)NC(c3ccc(-c4ccc5c6c(c7ccccc7c5c4)CCC=C6)cc3)N=C2c2ccccc2)=CCC1. The lowest BCUT2D eigenvalue weighted by Gasteiger charge is -2.30. The molecule has 9 rings (SSSR count). The van der Waals surface area contributed by atoms with Gasteiger partial charge in [-0.15, -0.1) is 0 Å². The molecule has 0 radical (unpaired) electrons. The van der Waals surface area contributed by atoms with Gasteiger partial charge in [0.15, 0.2) is 0 Å². The Morgan fingerprint density at radius 2 is 1.25 bits per heavy atom. The lowest BCUT2D eigenvalue weighted by molar-refractivity contribution is 0.661. The van der Waals surface area contributed by atoms with Crippen molar-refractivity contribution >= 4 is 39.0 Å². The number of aliphatic imine (C=N–C) groups is 1. The molecule has 0 saturated heterocycles. The molecule has 0 aromatic heterocycles. The molecule has 2 heteroatoms. The molecule has 3 aliphatic rings. The van der Waals surface area contributed by atoms with Crippen LogP contribution >= 0.6 is 0 Å². The van der Waals surface area contributed by atoms with Crippen molar-refractivity contribution in [3.63, 3.8) is 0 Å². The molecule has 0 fully saturated rings. The van der Waals surface area contributed by atoms with Crippen molar-refractivity contribution in [2.24, 2.45) is 4.99 Å². The average molecular weight is 617 g/mol. The monoisotopic (exact) mass is 616 g/mol. The third-order valence-corrected chi connectivity index (χ3v) is 10.0. The van der Waals surface area contributed by atoms with Gasteiger partial charge in [-0.2, -0.15) is 0 Å². The molecule has 0 saturated carbocycles. The lowest BCUT2D eigenvalue weighted by Crippen LogP contribution is -2.29. The number of nitrogens with zero attached hydrogens (tertiary/aromatic N) is 1. The molecule has 1 heterocycles. The van der Waals surface area contributed by atoms with Gasteiger partial charge in [0.25, 0.3) is 0 Å². The zero-order valence-electron chi connectivity index (χ0n) is 26.9. The summed E-state index contributed by atoms with van der Waals surface area (Å²) in [6.45, 7) is 0. The van der Waals surface area contributed by atoms with Gasteiger partial charge < -0.3 is 5.32 Å². The quantitative estimate of drug-likeness (QED) is 0.192. The molecule has 0 spiro atoms. The summed E-state index contributed by atoms with van der Waals surface area (Å²) in [7, 11) is 0. The Morgan fingerprint density at radius 1 is 0.542 bits per heavy atom. The number of aryl methyl sites for hydroxylation is 1. The molecule has 48 heavy (non-hydrogen) atoms. The zero-order chi connectivity index (χ0) is 31.9. The van der Waals surface area contributed by atoms with Crippen molar-refractivity contribution < 1.29 is 0 Å². The average Bonchev–Trinajstić information content (AvgIpc) is 3.18. The van der Waals surface area contributed by atoms with Crippen LogP contribution in [0.25, 0.3) is 44.4 Å². The van der Waals surface area contributed by atoms with Crippen molar-refractivity contribution in [1.82, 2.24) is 5.32 Å². The minimum atomic E-state index is -0.222. The fraction of sp³-hybridized carbons (Fsp3) is 0.109. The van der Waals surface area contributed by atoms with Gasteiger partial charge in [-0.05, 0) is 92.2 Å². The van der Waals surface area contributed by atoms with Crippen LogP contribution in [0.3, 0.4) is 0 Å². The predicted octanol–water partition coefficient (Wildman–Crippen LogP) is 11.4. The summed E-state index contributed by atoms with van der Waals surface area (Å²) >= 11 is 0. The summed E-state index contributed by atoms with van der Waals surface area (Å²) in [5, 5.41) is 9.26. The van der Waals surface area contributed by atoms with Gasteiger partial charge in [-0.25, -0.2) is 0 Å². The Balaban J connectivity index is 1.13. The van der Waals surface area contributed by atoms with E-state index in [-0.39, 0.29) is 6.17 Å². The van der Waals surface area contributed by atoms with Crippen molar-refractivity contribution in [3.05, 3.63) is 191 Å². The van der Waals surface area contributed by atoms with Crippen LogP contribution in [0.1, 0.15) is 53.2 Å². The summed E-state index contributed by atoms with van der Waals surface area (Å²) in [6.07, 6.45) is 15.6. The topological polar surface area (TPSA) is 24.4 Å². The Kier molecular flexibility index (Phi) is 7.20. The summed E-state index contributed by atoms with van der Waals surface area (Å²) in [4.78, 5) is 5.44. The number of hydrogen-bond donors (Lipinski definition) is 1. The van der Waals surface area contributed by atoms with Crippen LogP contribution in [0, 0.1) is 0 Å². The van der Waals surface area contributed by atoms with E-state index in [1.165, 1.54) is 49.4 Å². The fourth-order valence-electron chi connectivity index (χ4n) is 7.66. The first kappa shape index (κ1) is 28.5. The maximum atomic E-state index is 5.44. The second kappa shape index (κ2) is 12.1. The molecule has 2 nitrogen and oxygen atoms in total. The van der Waals surface area contributed by atoms with E-state index in [1.54, 1.807) is 0 Å². The lowest BCUT2D eigenvalue weighted by atomic mass is 9.86. The van der Waals surface area contributed by atoms with E-state index in [2.05, 4.69) is 163 Å². The van der Waals surface area contributed by atoms with Gasteiger partial charge in [-0.1, -0.05) is 152 Å². The minimum absolute atomic E-state index is 0.222. The molecule has 2 aliphatic carbocycles. The molecular weight excluding hydrogens is 581 g/mol. The smallest absolute Gasteiger partial charge is 0.145 e. The van der Waals surface area contributed by atoms with Crippen molar-refractivity contribution in [2.45, 2.75) is 31.8 Å². The normalized spacial score (nSPS) is 17.2. The summed E-state index contributed by atoms with van der Waals surface area (Å²) < 4.78 is 0. The first-order valence-corrected chi connectivity index (χ1v) is 17.1. The summed E-state index contributed by atoms with van der Waals surface area (Å²) in [6, 6.07) is 46.2. The van der Waals surface area contributed by atoms with E-state index >= 15 is 0 Å². The Morgan fingerprint density at radius 3 is 2.02 bits per heavy atom. The highest BCUT2D eigenvalue weighted by atomic mass is 15.1. The maximum Gasteiger partial charge on any atom is 0.145 e. The van der Waals surface area contributed by atoms with Gasteiger partial charge in [0.1, 0.15) is 6.17 Å². The third kappa shape index (κ3) is 5.02. The van der Waals surface area contributed by atoms with Crippen LogP contribution in [0.2, 0.25) is 0 Å². The van der Waals surface area contributed by atoms with Crippen LogP contribution in [-0.4, -0.2) is 5.71 Å². The van der Waals surface area contributed by atoms with Crippen LogP contribution in [0.15, 0.2) is 168 Å². The molecule has 6 aromatic carbocycles. The fourth-order valence-corrected chi connectivity index (χ4v) is 7.66. The van der Waals surface area contributed by atoms with Crippen LogP contribution in [0.5, 0.6) is 0 Å². The molecule has 1 atom stereocenters. The first-order valence-electron chi connectivity index (χ1n) is 17.1. The largest absolute Gasteiger partial charge is 0.359 e. The molecule has 1 aliphatic heterocycles. The second-order valence-corrected chi connectivity index (χ2v) is 12.9. The highest BCUT2D eigenvalue weighted by Crippen LogP contribution is 2.39. The van der Waals surface area contributed by atoms with Crippen molar-refractivity contribution in [3.8, 4) is 11.1 Å². The number of rotatable bonds is 5. The van der Waals surface area contributed by atoms with Crippen molar-refractivity contribution in [1.29, 1.82) is 0 Å². The van der Waals surface area contributed by atoms with E-state index in [0.717, 1.165) is 59.4 Å². The number of fused-ring (bicyclic) bond motifs is 6. The van der Waals surface area contributed by atoms with Crippen LogP contribution in [-0.2, 0) is 6.42 Å². The van der Waals surface area contributed by atoms with Gasteiger partial charge in [0.05, 0.1) is 11.4 Å². The first-order chi connectivity index (χ1) is 23.8. The number of allylic oxidation sites excluding steroid dienone is 6. The van der Waals surface area contributed by atoms with Crippen LogP contribution in [0.4, 0.5) is 0 Å². The van der Waals surface area contributed by atoms with Gasteiger partial charge >= 0.3 is 0 Å². The van der Waals surface area contributed by atoms with E-state index < -0.39 is 0 Å². The van der Waals surface area contributed by atoms with E-state index in [4.69, 9.17) is 4.99 Å². The van der Waals surface area contributed by atoms with Gasteiger partial charge in [-0.3, -0.25) is 4.99 Å². The number of nitrogens with one attached hydrogen (secondary N) is 1. The zero-order valence-corrected chi connectivity index (χ0v) is 26.9. The molecular formula is C46H36N2. The van der Waals surface area contributed by atoms with E-state index in [9.17, 15) is 0 Å². The second-order valence-electron chi connectivity index (χ2n) is 12.9. The van der Waals surface area contributed by atoms with Crippen LogP contribution < -0.4 is 5.32 Å². The molecule has 6 aromatic rings. The third-order valence-electron chi connectivity index (χ3n) is 10.0. The molecule has 1 N–H and O–H groups in total. The molecule has 0 bridgehead atoms. The van der Waals surface area contributed by atoms with Gasteiger partial charge in [0.2, 0.25) is 0 Å². The number of hydrogen-bond acceptors (Lipinski definition) is 2. The minimum Gasteiger partial charge on any atom is -0.359 e. The Hall–Kier alpha value is -5.73. The highest BCUT2D eigenvalue weighted by molar-refractivity contribution is 6.20. The molecule has 1 unspecified atom stereocenters. The highest BCUT2D eigenvalue weighted by Gasteiger charge is 2.28. The molecule has 0 amide bonds. The Bertz CT molecular complexity index is 2340. The Labute approximate surface area is 282 Å².